The van der Waals surface area contributed by atoms with Crippen molar-refractivity contribution in [2.75, 3.05) is 13.2 Å². The van der Waals surface area contributed by atoms with Crippen molar-refractivity contribution in [1.82, 2.24) is 0 Å². The number of ether oxygens (including phenoxy) is 2. The number of esters is 2. The average Bonchev–Trinajstić information content (AvgIpc) is 2.81. The fourth-order valence-corrected chi connectivity index (χ4v) is 3.40. The van der Waals surface area contributed by atoms with Crippen LogP contribution in [-0.4, -0.2) is 36.4 Å². The summed E-state index contributed by atoms with van der Waals surface area (Å²) in [6, 6.07) is 0. The van der Waals surface area contributed by atoms with E-state index < -0.39 is 16.9 Å². The minimum atomic E-state index is -0.969. The molecule has 0 spiro atoms. The Labute approximate surface area is 106 Å². The maximum atomic E-state index is 12.0. The van der Waals surface area contributed by atoms with Gasteiger partial charge in [-0.1, -0.05) is 0 Å². The molecule has 2 aliphatic carbocycles. The predicted molar refractivity (Wildman–Crippen MR) is 62.6 cm³/mol. The van der Waals surface area contributed by atoms with Crippen LogP contribution in [-0.2, 0) is 19.1 Å². The topological polar surface area (TPSA) is 72.8 Å². The van der Waals surface area contributed by atoms with Gasteiger partial charge in [0.25, 0.3) is 0 Å². The Hall–Kier alpha value is -1.10. The second-order valence-electron chi connectivity index (χ2n) is 5.16. The third-order valence-electron chi connectivity index (χ3n) is 4.45. The molecule has 0 radical (unpaired) electrons. The normalized spacial score (nSPS) is 37.6. The van der Waals surface area contributed by atoms with E-state index in [0.717, 1.165) is 0 Å². The maximum absolute atomic E-state index is 12.0. The number of aliphatic hydroxyl groups excluding tert-OH is 1. The van der Waals surface area contributed by atoms with Crippen LogP contribution in [0.1, 0.15) is 39.5 Å². The smallest absolute Gasteiger partial charge is 0.314 e. The SMILES string of the molecule is CCOC(=O)C12CCC(C(=O)OCC)(CC1)C2O. The molecule has 2 rings (SSSR count). The van der Waals surface area contributed by atoms with Gasteiger partial charge in [0.15, 0.2) is 0 Å². The number of fused-ring (bicyclic) bond motifs is 2. The molecule has 2 bridgehead atoms. The Morgan fingerprint density at radius 3 is 1.61 bits per heavy atom. The van der Waals surface area contributed by atoms with Gasteiger partial charge in [0.1, 0.15) is 0 Å². The lowest BCUT2D eigenvalue weighted by Gasteiger charge is -2.27. The Morgan fingerprint density at radius 1 is 1.00 bits per heavy atom. The van der Waals surface area contributed by atoms with Crippen LogP contribution in [0.3, 0.4) is 0 Å². The van der Waals surface area contributed by atoms with Crippen molar-refractivity contribution in [2.45, 2.75) is 45.6 Å². The highest BCUT2D eigenvalue weighted by atomic mass is 16.5. The molecular weight excluding hydrogens is 236 g/mol. The Bertz CT molecular complexity index is 320. The van der Waals surface area contributed by atoms with Crippen LogP contribution in [0, 0.1) is 10.8 Å². The van der Waals surface area contributed by atoms with Crippen molar-refractivity contribution >= 4 is 11.9 Å². The molecule has 0 unspecified atom stereocenters. The van der Waals surface area contributed by atoms with Crippen LogP contribution in [0.4, 0.5) is 0 Å². The molecule has 0 heterocycles. The van der Waals surface area contributed by atoms with Crippen LogP contribution in [0.15, 0.2) is 0 Å². The summed E-state index contributed by atoms with van der Waals surface area (Å²) in [6.07, 6.45) is 1.05. The van der Waals surface area contributed by atoms with Crippen molar-refractivity contribution in [2.24, 2.45) is 10.8 Å². The highest BCUT2D eigenvalue weighted by Crippen LogP contribution is 2.62. The summed E-state index contributed by atoms with van der Waals surface area (Å²) in [7, 11) is 0. The van der Waals surface area contributed by atoms with Crippen molar-refractivity contribution in [1.29, 1.82) is 0 Å². The summed E-state index contributed by atoms with van der Waals surface area (Å²) in [5.41, 5.74) is -1.77. The van der Waals surface area contributed by atoms with E-state index in [-0.39, 0.29) is 11.9 Å². The number of hydrogen-bond acceptors (Lipinski definition) is 5. The quantitative estimate of drug-likeness (QED) is 0.761. The van der Waals surface area contributed by atoms with Crippen LogP contribution in [0.2, 0.25) is 0 Å². The van der Waals surface area contributed by atoms with Gasteiger partial charge in [-0.2, -0.15) is 0 Å². The molecule has 2 fully saturated rings. The average molecular weight is 256 g/mol. The Balaban J connectivity index is 2.22. The van der Waals surface area contributed by atoms with Crippen LogP contribution in [0.5, 0.6) is 0 Å². The first-order valence-electron chi connectivity index (χ1n) is 6.56. The van der Waals surface area contributed by atoms with Crippen LogP contribution >= 0.6 is 0 Å². The predicted octanol–water partition coefficient (Wildman–Crippen LogP) is 1.03. The fraction of sp³-hybridized carbons (Fsp3) is 0.846. The van der Waals surface area contributed by atoms with Gasteiger partial charge in [-0.15, -0.1) is 0 Å². The first-order valence-corrected chi connectivity index (χ1v) is 6.56. The standard InChI is InChI=1S/C13H20O5/c1-3-17-10(15)12-5-7-13(8-6-12,9(12)14)11(16)18-4-2/h9,14H,3-8H2,1-2H3. The van der Waals surface area contributed by atoms with Crippen LogP contribution < -0.4 is 0 Å². The van der Waals surface area contributed by atoms with E-state index in [9.17, 15) is 14.7 Å². The Morgan fingerprint density at radius 2 is 1.33 bits per heavy atom. The molecule has 0 aromatic carbocycles. The monoisotopic (exact) mass is 256 g/mol. The molecule has 2 aliphatic rings. The zero-order chi connectivity index (χ0) is 13.4. The molecule has 0 aromatic heterocycles. The molecule has 5 nitrogen and oxygen atoms in total. The van der Waals surface area contributed by atoms with E-state index in [2.05, 4.69) is 0 Å². The number of aliphatic hydroxyl groups is 1. The van der Waals surface area contributed by atoms with Gasteiger partial charge in [0.2, 0.25) is 0 Å². The van der Waals surface area contributed by atoms with Crippen molar-refractivity contribution < 1.29 is 24.2 Å². The van der Waals surface area contributed by atoms with Gasteiger partial charge in [0.05, 0.1) is 30.1 Å². The molecule has 18 heavy (non-hydrogen) atoms. The first kappa shape index (κ1) is 13.3. The fourth-order valence-electron chi connectivity index (χ4n) is 3.40. The minimum absolute atomic E-state index is 0.291. The molecular formula is C13H20O5. The highest BCUT2D eigenvalue weighted by Gasteiger charge is 2.69. The third-order valence-corrected chi connectivity index (χ3v) is 4.45. The summed E-state index contributed by atoms with van der Waals surface area (Å²) >= 11 is 0. The zero-order valence-corrected chi connectivity index (χ0v) is 10.9. The molecule has 2 saturated carbocycles. The number of hydrogen-bond donors (Lipinski definition) is 1. The van der Waals surface area contributed by atoms with Gasteiger partial charge in [-0.25, -0.2) is 0 Å². The summed E-state index contributed by atoms with van der Waals surface area (Å²) in [4.78, 5) is 24.0. The largest absolute Gasteiger partial charge is 0.465 e. The molecule has 0 saturated heterocycles. The summed E-state index contributed by atoms with van der Waals surface area (Å²) in [6.45, 7) is 4.06. The van der Waals surface area contributed by atoms with E-state index in [1.807, 2.05) is 0 Å². The summed E-state index contributed by atoms with van der Waals surface area (Å²) < 4.78 is 10.1. The second kappa shape index (κ2) is 4.53. The van der Waals surface area contributed by atoms with E-state index in [0.29, 0.717) is 38.9 Å². The van der Waals surface area contributed by atoms with E-state index in [4.69, 9.17) is 9.47 Å². The third kappa shape index (κ3) is 1.56. The minimum Gasteiger partial charge on any atom is -0.465 e. The lowest BCUT2D eigenvalue weighted by Crippen LogP contribution is -2.43. The van der Waals surface area contributed by atoms with Gasteiger partial charge < -0.3 is 14.6 Å². The van der Waals surface area contributed by atoms with Crippen molar-refractivity contribution in [3.05, 3.63) is 0 Å². The molecule has 5 heteroatoms. The lowest BCUT2D eigenvalue weighted by molar-refractivity contribution is -0.165. The maximum Gasteiger partial charge on any atom is 0.314 e. The van der Waals surface area contributed by atoms with Gasteiger partial charge in [-0.3, -0.25) is 9.59 Å². The number of rotatable bonds is 4. The first-order chi connectivity index (χ1) is 8.53. The molecule has 102 valence electrons. The van der Waals surface area contributed by atoms with E-state index >= 15 is 0 Å². The van der Waals surface area contributed by atoms with Crippen molar-refractivity contribution in [3.8, 4) is 0 Å². The molecule has 0 amide bonds. The summed E-state index contributed by atoms with van der Waals surface area (Å²) in [5, 5.41) is 10.4. The van der Waals surface area contributed by atoms with Crippen LogP contribution in [0.25, 0.3) is 0 Å². The number of carbonyl (C=O) groups is 2. The molecule has 1 N–H and O–H groups in total. The highest BCUT2D eigenvalue weighted by molar-refractivity contribution is 5.86. The van der Waals surface area contributed by atoms with E-state index in [1.165, 1.54) is 0 Å². The molecule has 0 atom stereocenters. The molecule has 0 aromatic rings. The van der Waals surface area contributed by atoms with Gasteiger partial charge in [-0.05, 0) is 39.5 Å². The zero-order valence-electron chi connectivity index (χ0n) is 10.9. The summed E-state index contributed by atoms with van der Waals surface area (Å²) in [5.74, 6) is -0.748. The second-order valence-corrected chi connectivity index (χ2v) is 5.16. The van der Waals surface area contributed by atoms with Crippen molar-refractivity contribution in [3.63, 3.8) is 0 Å². The van der Waals surface area contributed by atoms with Gasteiger partial charge in [0, 0.05) is 0 Å². The van der Waals surface area contributed by atoms with E-state index in [1.54, 1.807) is 13.8 Å². The number of carbonyl (C=O) groups excluding carboxylic acids is 2. The Kier molecular flexibility index (Phi) is 3.36. The molecule has 0 aliphatic heterocycles. The van der Waals surface area contributed by atoms with Gasteiger partial charge >= 0.3 is 11.9 Å². The lowest BCUT2D eigenvalue weighted by atomic mass is 9.82.